The van der Waals surface area contributed by atoms with Crippen LogP contribution < -0.4 is 5.32 Å². The summed E-state index contributed by atoms with van der Waals surface area (Å²) in [6, 6.07) is 2.26. The highest BCUT2D eigenvalue weighted by Crippen LogP contribution is 2.18. The smallest absolute Gasteiger partial charge is 0.0693 e. The van der Waals surface area contributed by atoms with Gasteiger partial charge in [0.25, 0.3) is 0 Å². The third-order valence-corrected chi connectivity index (χ3v) is 3.20. The maximum atomic E-state index is 9.78. The quantitative estimate of drug-likeness (QED) is 0.774. The Bertz CT molecular complexity index is 311. The summed E-state index contributed by atoms with van der Waals surface area (Å²) in [4.78, 5) is 0. The Balaban J connectivity index is 1.84. The third kappa shape index (κ3) is 2.58. The minimum Gasteiger partial charge on any atom is -0.392 e. The summed E-state index contributed by atoms with van der Waals surface area (Å²) in [5.74, 6) is 0. The first-order chi connectivity index (χ1) is 7.27. The van der Waals surface area contributed by atoms with Crippen molar-refractivity contribution in [3.8, 4) is 0 Å². The molecule has 0 amide bonds. The Morgan fingerprint density at radius 2 is 2.33 bits per heavy atom. The van der Waals surface area contributed by atoms with Crippen LogP contribution in [-0.4, -0.2) is 27.0 Å². The Hall–Kier alpha value is -0.870. The highest BCUT2D eigenvalue weighted by atomic mass is 16.3. The van der Waals surface area contributed by atoms with E-state index in [0.29, 0.717) is 0 Å². The standard InChI is InChI=1S/C11H19N3O/c1-14-9(6-7-13-14)8-12-10-4-2-3-5-11(10)15/h6-7,10-12,15H,2-5,8H2,1H3/t10-,11+/m0/s1. The molecule has 0 unspecified atom stereocenters. The second kappa shape index (κ2) is 4.77. The first-order valence-corrected chi connectivity index (χ1v) is 5.65. The summed E-state index contributed by atoms with van der Waals surface area (Å²) < 4.78 is 1.86. The molecule has 2 atom stereocenters. The number of hydrogen-bond donors (Lipinski definition) is 2. The van der Waals surface area contributed by atoms with Crippen LogP contribution in [0.3, 0.4) is 0 Å². The largest absolute Gasteiger partial charge is 0.392 e. The van der Waals surface area contributed by atoms with Gasteiger partial charge in [0.15, 0.2) is 0 Å². The normalized spacial score (nSPS) is 26.8. The summed E-state index contributed by atoms with van der Waals surface area (Å²) in [6.45, 7) is 0.790. The lowest BCUT2D eigenvalue weighted by atomic mass is 9.92. The van der Waals surface area contributed by atoms with Gasteiger partial charge in [0.2, 0.25) is 0 Å². The highest BCUT2D eigenvalue weighted by molar-refractivity contribution is 5.00. The van der Waals surface area contributed by atoms with Crippen LogP contribution in [0.1, 0.15) is 31.4 Å². The summed E-state index contributed by atoms with van der Waals surface area (Å²) in [5.41, 5.74) is 1.16. The van der Waals surface area contributed by atoms with Crippen LogP contribution in [0, 0.1) is 0 Å². The molecule has 0 aromatic carbocycles. The number of nitrogens with one attached hydrogen (secondary N) is 1. The Morgan fingerprint density at radius 3 is 3.00 bits per heavy atom. The lowest BCUT2D eigenvalue weighted by molar-refractivity contribution is 0.0899. The van der Waals surface area contributed by atoms with Gasteiger partial charge in [-0.3, -0.25) is 4.68 Å². The van der Waals surface area contributed by atoms with Gasteiger partial charge in [0, 0.05) is 25.8 Å². The van der Waals surface area contributed by atoms with Crippen LogP contribution in [0.15, 0.2) is 12.3 Å². The maximum absolute atomic E-state index is 9.78. The summed E-state index contributed by atoms with van der Waals surface area (Å²) in [7, 11) is 1.94. The minimum atomic E-state index is -0.174. The Kier molecular flexibility index (Phi) is 3.38. The Labute approximate surface area is 90.3 Å². The van der Waals surface area contributed by atoms with Gasteiger partial charge >= 0.3 is 0 Å². The van der Waals surface area contributed by atoms with E-state index < -0.39 is 0 Å². The molecule has 0 saturated heterocycles. The molecule has 1 heterocycles. The van der Waals surface area contributed by atoms with Gasteiger partial charge in [-0.1, -0.05) is 12.8 Å². The van der Waals surface area contributed by atoms with Crippen LogP contribution in [0.2, 0.25) is 0 Å². The fraction of sp³-hybridized carbons (Fsp3) is 0.727. The molecule has 15 heavy (non-hydrogen) atoms. The van der Waals surface area contributed by atoms with Gasteiger partial charge in [-0.2, -0.15) is 5.10 Å². The zero-order chi connectivity index (χ0) is 10.7. The number of nitrogens with zero attached hydrogens (tertiary/aromatic N) is 2. The predicted molar refractivity (Wildman–Crippen MR) is 58.3 cm³/mol. The van der Waals surface area contributed by atoms with Crippen LogP contribution in [0.25, 0.3) is 0 Å². The van der Waals surface area contributed by atoms with E-state index in [1.54, 1.807) is 6.20 Å². The van der Waals surface area contributed by atoms with Gasteiger partial charge in [0.1, 0.15) is 0 Å². The summed E-state index contributed by atoms with van der Waals surface area (Å²) in [5, 5.41) is 17.3. The second-order valence-electron chi connectivity index (χ2n) is 4.29. The number of aliphatic hydroxyl groups excluding tert-OH is 1. The number of aliphatic hydroxyl groups is 1. The summed E-state index contributed by atoms with van der Waals surface area (Å²) in [6.07, 6.45) is 6.02. The van der Waals surface area contributed by atoms with Gasteiger partial charge < -0.3 is 10.4 Å². The van der Waals surface area contributed by atoms with Crippen molar-refractivity contribution in [3.05, 3.63) is 18.0 Å². The van der Waals surface area contributed by atoms with E-state index in [1.807, 2.05) is 17.8 Å². The van der Waals surface area contributed by atoms with Gasteiger partial charge in [-0.15, -0.1) is 0 Å². The van der Waals surface area contributed by atoms with E-state index in [2.05, 4.69) is 10.4 Å². The van der Waals surface area contributed by atoms with E-state index >= 15 is 0 Å². The molecule has 1 saturated carbocycles. The van der Waals surface area contributed by atoms with Crippen LogP contribution in [0.4, 0.5) is 0 Å². The molecule has 2 N–H and O–H groups in total. The lowest BCUT2D eigenvalue weighted by Gasteiger charge is -2.28. The average molecular weight is 209 g/mol. The van der Waals surface area contributed by atoms with Crippen molar-refractivity contribution in [1.29, 1.82) is 0 Å². The average Bonchev–Trinajstić information content (AvgIpc) is 2.63. The van der Waals surface area contributed by atoms with Crippen molar-refractivity contribution in [2.45, 2.75) is 44.4 Å². The monoisotopic (exact) mass is 209 g/mol. The maximum Gasteiger partial charge on any atom is 0.0693 e. The molecule has 0 radical (unpaired) electrons. The van der Waals surface area contributed by atoms with E-state index in [9.17, 15) is 5.11 Å². The topological polar surface area (TPSA) is 50.1 Å². The molecule has 1 aromatic heterocycles. The molecule has 0 aliphatic heterocycles. The third-order valence-electron chi connectivity index (χ3n) is 3.20. The van der Waals surface area contributed by atoms with Crippen molar-refractivity contribution >= 4 is 0 Å². The Morgan fingerprint density at radius 1 is 1.53 bits per heavy atom. The molecule has 84 valence electrons. The molecule has 0 spiro atoms. The molecule has 1 aliphatic carbocycles. The van der Waals surface area contributed by atoms with Crippen LogP contribution in [-0.2, 0) is 13.6 Å². The molecule has 1 aliphatic rings. The molecule has 4 nitrogen and oxygen atoms in total. The van der Waals surface area contributed by atoms with Gasteiger partial charge in [-0.05, 0) is 18.9 Å². The van der Waals surface area contributed by atoms with Crippen molar-refractivity contribution in [1.82, 2.24) is 15.1 Å². The predicted octanol–water partition coefficient (Wildman–Crippen LogP) is 0.813. The first kappa shape index (κ1) is 10.6. The molecule has 0 bridgehead atoms. The van der Waals surface area contributed by atoms with E-state index in [1.165, 1.54) is 6.42 Å². The van der Waals surface area contributed by atoms with E-state index in [4.69, 9.17) is 0 Å². The van der Waals surface area contributed by atoms with Crippen molar-refractivity contribution < 1.29 is 5.11 Å². The fourth-order valence-electron chi connectivity index (χ4n) is 2.16. The lowest BCUT2D eigenvalue weighted by Crippen LogP contribution is -2.41. The summed E-state index contributed by atoms with van der Waals surface area (Å²) >= 11 is 0. The highest BCUT2D eigenvalue weighted by Gasteiger charge is 2.22. The molecule has 1 fully saturated rings. The second-order valence-corrected chi connectivity index (χ2v) is 4.29. The van der Waals surface area contributed by atoms with Crippen LogP contribution >= 0.6 is 0 Å². The SMILES string of the molecule is Cn1nccc1CN[C@H]1CCCC[C@H]1O. The van der Waals surface area contributed by atoms with Gasteiger partial charge in [0.05, 0.1) is 11.8 Å². The van der Waals surface area contributed by atoms with Gasteiger partial charge in [-0.25, -0.2) is 0 Å². The minimum absolute atomic E-state index is 0.174. The van der Waals surface area contributed by atoms with E-state index in [-0.39, 0.29) is 12.1 Å². The van der Waals surface area contributed by atoms with Crippen molar-refractivity contribution in [3.63, 3.8) is 0 Å². The molecule has 2 rings (SSSR count). The zero-order valence-corrected chi connectivity index (χ0v) is 9.19. The zero-order valence-electron chi connectivity index (χ0n) is 9.19. The molecular weight excluding hydrogens is 190 g/mol. The van der Waals surface area contributed by atoms with Crippen molar-refractivity contribution in [2.24, 2.45) is 7.05 Å². The number of hydrogen-bond acceptors (Lipinski definition) is 3. The molecular formula is C11H19N3O. The number of aryl methyl sites for hydroxylation is 1. The number of aromatic nitrogens is 2. The van der Waals surface area contributed by atoms with E-state index in [0.717, 1.165) is 31.5 Å². The van der Waals surface area contributed by atoms with Crippen molar-refractivity contribution in [2.75, 3.05) is 0 Å². The first-order valence-electron chi connectivity index (χ1n) is 5.65. The molecule has 4 heteroatoms. The fourth-order valence-corrected chi connectivity index (χ4v) is 2.16. The molecule has 1 aromatic rings. The van der Waals surface area contributed by atoms with Crippen LogP contribution in [0.5, 0.6) is 0 Å². The number of rotatable bonds is 3.